The van der Waals surface area contributed by atoms with Crippen molar-refractivity contribution >= 4 is 23.2 Å². The van der Waals surface area contributed by atoms with Crippen LogP contribution in [0.4, 0.5) is 11.4 Å². The summed E-state index contributed by atoms with van der Waals surface area (Å²) < 4.78 is 0. The molecule has 2 atom stereocenters. The Balaban J connectivity index is 1.43. The predicted molar refractivity (Wildman–Crippen MR) is 103 cm³/mol. The third-order valence-electron chi connectivity index (χ3n) is 6.53. The molecule has 3 aliphatic rings. The number of carbonyl (C=O) groups excluding carboxylic acids is 2. The van der Waals surface area contributed by atoms with E-state index in [9.17, 15) is 9.59 Å². The van der Waals surface area contributed by atoms with E-state index in [4.69, 9.17) is 5.73 Å². The molecule has 2 bridgehead atoms. The fourth-order valence-electron chi connectivity index (χ4n) is 5.08. The van der Waals surface area contributed by atoms with E-state index in [0.717, 1.165) is 56.4 Å². The third kappa shape index (κ3) is 3.50. The van der Waals surface area contributed by atoms with E-state index in [-0.39, 0.29) is 23.8 Å². The van der Waals surface area contributed by atoms with Gasteiger partial charge in [0.1, 0.15) is 0 Å². The van der Waals surface area contributed by atoms with Crippen molar-refractivity contribution in [3.05, 3.63) is 24.3 Å². The monoisotopic (exact) mass is 355 g/mol. The van der Waals surface area contributed by atoms with Crippen molar-refractivity contribution in [3.63, 3.8) is 0 Å². The van der Waals surface area contributed by atoms with Crippen molar-refractivity contribution < 1.29 is 9.59 Å². The van der Waals surface area contributed by atoms with Gasteiger partial charge in [-0.25, -0.2) is 0 Å². The van der Waals surface area contributed by atoms with Crippen LogP contribution in [-0.2, 0) is 9.59 Å². The summed E-state index contributed by atoms with van der Waals surface area (Å²) in [5.41, 5.74) is 8.01. The van der Waals surface area contributed by atoms with Gasteiger partial charge < -0.3 is 16.0 Å². The normalized spacial score (nSPS) is 31.6. The highest BCUT2D eigenvalue weighted by molar-refractivity contribution is 5.96. The lowest BCUT2D eigenvalue weighted by Gasteiger charge is -2.43. The van der Waals surface area contributed by atoms with Gasteiger partial charge in [-0.3, -0.25) is 9.59 Å². The Morgan fingerprint density at radius 3 is 2.62 bits per heavy atom. The number of hydrogen-bond acceptors (Lipinski definition) is 3. The topological polar surface area (TPSA) is 75.4 Å². The second-order valence-corrected chi connectivity index (χ2v) is 8.24. The third-order valence-corrected chi connectivity index (χ3v) is 6.53. The van der Waals surface area contributed by atoms with E-state index < -0.39 is 0 Å². The standard InChI is InChI=1S/C21H29N3O2/c22-20-14-5-3-6-15(20)12-16(11-14)21(26)23-17-7-4-8-18(13-17)24-10-2-1-9-19(24)25/h4,7-8,13-16,20H,1-3,5-6,9-12,22H2,(H,23,26). The van der Waals surface area contributed by atoms with Gasteiger partial charge in [0.15, 0.2) is 0 Å². The molecular formula is C21H29N3O2. The fraction of sp³-hybridized carbons (Fsp3) is 0.619. The van der Waals surface area contributed by atoms with Gasteiger partial charge in [-0.2, -0.15) is 0 Å². The number of carbonyl (C=O) groups is 2. The summed E-state index contributed by atoms with van der Waals surface area (Å²) in [5.74, 6) is 1.33. The van der Waals surface area contributed by atoms with Crippen LogP contribution in [0, 0.1) is 17.8 Å². The van der Waals surface area contributed by atoms with E-state index in [1.54, 1.807) is 0 Å². The van der Waals surface area contributed by atoms with Gasteiger partial charge in [0.05, 0.1) is 0 Å². The molecule has 140 valence electrons. The average molecular weight is 355 g/mol. The number of piperidine rings is 1. The lowest BCUT2D eigenvalue weighted by Crippen LogP contribution is -2.48. The Kier molecular flexibility index (Phi) is 4.98. The van der Waals surface area contributed by atoms with Crippen molar-refractivity contribution in [1.29, 1.82) is 0 Å². The molecule has 0 aromatic heterocycles. The van der Waals surface area contributed by atoms with Crippen molar-refractivity contribution in [2.45, 2.75) is 57.4 Å². The van der Waals surface area contributed by atoms with Crippen LogP contribution in [0.25, 0.3) is 0 Å². The Labute approximate surface area is 155 Å². The number of nitrogens with two attached hydrogens (primary N) is 1. The number of amides is 2. The first-order chi connectivity index (χ1) is 12.6. The first-order valence-electron chi connectivity index (χ1n) is 10.1. The van der Waals surface area contributed by atoms with E-state index in [1.165, 1.54) is 6.42 Å². The van der Waals surface area contributed by atoms with Gasteiger partial charge in [-0.1, -0.05) is 12.5 Å². The second-order valence-electron chi connectivity index (χ2n) is 8.24. The van der Waals surface area contributed by atoms with Crippen molar-refractivity contribution in [2.75, 3.05) is 16.8 Å². The summed E-state index contributed by atoms with van der Waals surface area (Å²) in [5, 5.41) is 3.09. The molecule has 0 spiro atoms. The summed E-state index contributed by atoms with van der Waals surface area (Å²) in [6.45, 7) is 0.764. The largest absolute Gasteiger partial charge is 0.327 e. The fourth-order valence-corrected chi connectivity index (χ4v) is 5.08. The summed E-state index contributed by atoms with van der Waals surface area (Å²) in [6.07, 6.45) is 8.01. The first-order valence-corrected chi connectivity index (χ1v) is 10.1. The molecule has 26 heavy (non-hydrogen) atoms. The van der Waals surface area contributed by atoms with E-state index in [0.29, 0.717) is 18.3 Å². The highest BCUT2D eigenvalue weighted by atomic mass is 16.2. The van der Waals surface area contributed by atoms with Gasteiger partial charge in [0.2, 0.25) is 11.8 Å². The van der Waals surface area contributed by atoms with Crippen LogP contribution in [0.3, 0.4) is 0 Å². The number of rotatable bonds is 3. The molecule has 2 saturated carbocycles. The van der Waals surface area contributed by atoms with Crippen LogP contribution in [0.2, 0.25) is 0 Å². The number of anilines is 2. The van der Waals surface area contributed by atoms with Crippen LogP contribution >= 0.6 is 0 Å². The Morgan fingerprint density at radius 2 is 1.88 bits per heavy atom. The number of nitrogens with zero attached hydrogens (tertiary/aromatic N) is 1. The Morgan fingerprint density at radius 1 is 1.12 bits per heavy atom. The molecule has 1 saturated heterocycles. The maximum atomic E-state index is 12.8. The molecule has 2 aliphatic carbocycles. The van der Waals surface area contributed by atoms with Crippen molar-refractivity contribution in [1.82, 2.24) is 0 Å². The molecule has 1 aromatic rings. The molecule has 1 heterocycles. The average Bonchev–Trinajstić information content (AvgIpc) is 2.62. The minimum Gasteiger partial charge on any atom is -0.327 e. The SMILES string of the molecule is NC1C2CCCC1CC(C(=O)Nc1cccc(N3CCCCC3=O)c1)C2. The van der Waals surface area contributed by atoms with Gasteiger partial charge >= 0.3 is 0 Å². The minimum absolute atomic E-state index is 0.0605. The predicted octanol–water partition coefficient (Wildman–Crippen LogP) is 3.30. The molecule has 3 N–H and O–H groups in total. The maximum Gasteiger partial charge on any atom is 0.227 e. The van der Waals surface area contributed by atoms with Crippen LogP contribution in [0.5, 0.6) is 0 Å². The van der Waals surface area contributed by atoms with E-state index >= 15 is 0 Å². The van der Waals surface area contributed by atoms with Gasteiger partial charge in [0.25, 0.3) is 0 Å². The van der Waals surface area contributed by atoms with Gasteiger partial charge in [-0.05, 0) is 68.6 Å². The summed E-state index contributed by atoms with van der Waals surface area (Å²) >= 11 is 0. The van der Waals surface area contributed by atoms with Crippen LogP contribution in [0.1, 0.15) is 51.4 Å². The van der Waals surface area contributed by atoms with E-state index in [2.05, 4.69) is 5.32 Å². The van der Waals surface area contributed by atoms with E-state index in [1.807, 2.05) is 29.2 Å². The zero-order valence-electron chi connectivity index (χ0n) is 15.3. The quantitative estimate of drug-likeness (QED) is 0.873. The molecule has 2 amide bonds. The van der Waals surface area contributed by atoms with Gasteiger partial charge in [0, 0.05) is 36.3 Å². The number of hydrogen-bond donors (Lipinski definition) is 2. The summed E-state index contributed by atoms with van der Waals surface area (Å²) in [4.78, 5) is 26.8. The van der Waals surface area contributed by atoms with Crippen LogP contribution in [0.15, 0.2) is 24.3 Å². The highest BCUT2D eigenvalue weighted by Crippen LogP contribution is 2.42. The number of fused-ring (bicyclic) bond motifs is 2. The molecule has 1 aliphatic heterocycles. The smallest absolute Gasteiger partial charge is 0.227 e. The maximum absolute atomic E-state index is 12.8. The molecule has 0 radical (unpaired) electrons. The van der Waals surface area contributed by atoms with Crippen LogP contribution in [-0.4, -0.2) is 24.4 Å². The summed E-state index contributed by atoms with van der Waals surface area (Å²) in [6, 6.07) is 7.98. The highest BCUT2D eigenvalue weighted by Gasteiger charge is 2.40. The molecule has 2 unspecified atom stereocenters. The molecule has 1 aromatic carbocycles. The van der Waals surface area contributed by atoms with Crippen molar-refractivity contribution in [3.8, 4) is 0 Å². The zero-order chi connectivity index (χ0) is 18.1. The van der Waals surface area contributed by atoms with Crippen molar-refractivity contribution in [2.24, 2.45) is 23.5 Å². The lowest BCUT2D eigenvalue weighted by atomic mass is 9.65. The van der Waals surface area contributed by atoms with Gasteiger partial charge in [-0.15, -0.1) is 0 Å². The molecule has 5 heteroatoms. The number of nitrogens with one attached hydrogen (secondary N) is 1. The minimum atomic E-state index is 0.0605. The lowest BCUT2D eigenvalue weighted by molar-refractivity contribution is -0.122. The molecular weight excluding hydrogens is 326 g/mol. The summed E-state index contributed by atoms with van der Waals surface area (Å²) in [7, 11) is 0. The Bertz CT molecular complexity index is 676. The second kappa shape index (κ2) is 7.39. The zero-order valence-corrected chi connectivity index (χ0v) is 15.3. The molecule has 5 nitrogen and oxygen atoms in total. The van der Waals surface area contributed by atoms with Crippen LogP contribution < -0.4 is 16.0 Å². The molecule has 4 rings (SSSR count). The molecule has 3 fully saturated rings. The number of benzene rings is 1. The Hall–Kier alpha value is -1.88. The first kappa shape index (κ1) is 17.5.